The highest BCUT2D eigenvalue weighted by Crippen LogP contribution is 2.41. The summed E-state index contributed by atoms with van der Waals surface area (Å²) in [6, 6.07) is 13.6. The maximum absolute atomic E-state index is 13.1. The van der Waals surface area contributed by atoms with Gasteiger partial charge in [0.25, 0.3) is 5.91 Å². The van der Waals surface area contributed by atoms with Crippen molar-refractivity contribution >= 4 is 17.7 Å². The molecule has 0 saturated carbocycles. The van der Waals surface area contributed by atoms with Gasteiger partial charge in [-0.3, -0.25) is 4.79 Å². The van der Waals surface area contributed by atoms with Gasteiger partial charge in [-0.25, -0.2) is 9.37 Å². The van der Waals surface area contributed by atoms with Crippen LogP contribution < -0.4 is 4.74 Å². The number of aromatic nitrogens is 3. The predicted molar refractivity (Wildman–Crippen MR) is 92.3 cm³/mol. The lowest BCUT2D eigenvalue weighted by molar-refractivity contribution is 0.0868. The van der Waals surface area contributed by atoms with Crippen molar-refractivity contribution in [3.8, 4) is 17.1 Å². The zero-order valence-corrected chi connectivity index (χ0v) is 14.2. The summed E-state index contributed by atoms with van der Waals surface area (Å²) < 4.78 is 19.6. The number of halogens is 1. The van der Waals surface area contributed by atoms with Crippen LogP contribution in [0.2, 0.25) is 0 Å². The molecule has 2 aromatic carbocycles. The number of nitrogens with zero attached hydrogens (tertiary/aromatic N) is 3. The van der Waals surface area contributed by atoms with E-state index in [2.05, 4.69) is 10.1 Å². The van der Waals surface area contributed by atoms with Crippen LogP contribution in [0.3, 0.4) is 0 Å². The molecule has 0 fully saturated rings. The summed E-state index contributed by atoms with van der Waals surface area (Å²) in [7, 11) is 1.62. The van der Waals surface area contributed by atoms with Crippen molar-refractivity contribution in [2.75, 3.05) is 7.11 Å². The molecule has 0 spiro atoms. The van der Waals surface area contributed by atoms with Crippen LogP contribution >= 0.6 is 11.8 Å². The first-order valence-electron chi connectivity index (χ1n) is 7.71. The molecule has 5 nitrogen and oxygen atoms in total. The number of hydrogen-bond donors (Lipinski definition) is 0. The Balaban J connectivity index is 1.63. The van der Waals surface area contributed by atoms with Crippen molar-refractivity contribution in [3.63, 3.8) is 0 Å². The van der Waals surface area contributed by atoms with Gasteiger partial charge in [-0.15, -0.1) is 5.10 Å². The number of ether oxygens (including phenoxy) is 1. The molecule has 0 saturated heterocycles. The maximum Gasteiger partial charge on any atom is 0.250 e. The Morgan fingerprint density at radius 2 is 1.88 bits per heavy atom. The van der Waals surface area contributed by atoms with Gasteiger partial charge >= 0.3 is 0 Å². The lowest BCUT2D eigenvalue weighted by Crippen LogP contribution is -2.20. The third kappa shape index (κ3) is 3.02. The molecule has 1 atom stereocenters. The molecular weight excluding hydrogens is 341 g/mol. The second-order valence-corrected chi connectivity index (χ2v) is 6.78. The number of rotatable bonds is 3. The highest BCUT2D eigenvalue weighted by molar-refractivity contribution is 7.99. The number of fused-ring (bicyclic) bond motifs is 1. The van der Waals surface area contributed by atoms with E-state index in [0.29, 0.717) is 23.0 Å². The minimum Gasteiger partial charge on any atom is -0.497 e. The molecule has 4 rings (SSSR count). The molecule has 126 valence electrons. The minimum absolute atomic E-state index is 0.0174. The fourth-order valence-electron chi connectivity index (χ4n) is 2.68. The summed E-state index contributed by atoms with van der Waals surface area (Å²) in [5.41, 5.74) is 1.72. The molecule has 2 heterocycles. The molecule has 7 heteroatoms. The Labute approximate surface area is 147 Å². The molecule has 25 heavy (non-hydrogen) atoms. The van der Waals surface area contributed by atoms with Gasteiger partial charge in [-0.1, -0.05) is 23.9 Å². The van der Waals surface area contributed by atoms with Gasteiger partial charge in [0.2, 0.25) is 0 Å². The fourth-order valence-corrected chi connectivity index (χ4v) is 3.83. The Morgan fingerprint density at radius 3 is 2.56 bits per heavy atom. The van der Waals surface area contributed by atoms with Crippen LogP contribution in [0, 0.1) is 5.82 Å². The first kappa shape index (κ1) is 15.8. The van der Waals surface area contributed by atoms with Gasteiger partial charge < -0.3 is 4.74 Å². The second-order valence-electron chi connectivity index (χ2n) is 5.61. The average Bonchev–Trinajstić information content (AvgIpc) is 3.07. The molecular formula is C18H14FN3O2S. The highest BCUT2D eigenvalue weighted by atomic mass is 32.2. The summed E-state index contributed by atoms with van der Waals surface area (Å²) in [5.74, 6) is 0.775. The van der Waals surface area contributed by atoms with Crippen LogP contribution in [0.4, 0.5) is 4.39 Å². The highest BCUT2D eigenvalue weighted by Gasteiger charge is 2.30. The van der Waals surface area contributed by atoms with Crippen molar-refractivity contribution < 1.29 is 13.9 Å². The topological polar surface area (TPSA) is 57.0 Å². The monoisotopic (exact) mass is 355 g/mol. The van der Waals surface area contributed by atoms with E-state index in [-0.39, 0.29) is 17.0 Å². The van der Waals surface area contributed by atoms with Crippen LogP contribution in [0.5, 0.6) is 5.75 Å². The molecule has 0 radical (unpaired) electrons. The zero-order chi connectivity index (χ0) is 17.4. The Morgan fingerprint density at radius 1 is 1.16 bits per heavy atom. The van der Waals surface area contributed by atoms with Gasteiger partial charge in [0.05, 0.1) is 7.11 Å². The minimum atomic E-state index is -0.322. The zero-order valence-electron chi connectivity index (χ0n) is 13.3. The summed E-state index contributed by atoms with van der Waals surface area (Å²) in [6.07, 6.45) is 0.343. The Hall–Kier alpha value is -2.67. The largest absolute Gasteiger partial charge is 0.497 e. The lowest BCUT2D eigenvalue weighted by Gasteiger charge is -2.20. The second kappa shape index (κ2) is 6.33. The molecule has 0 amide bonds. The molecule has 0 N–H and O–H groups in total. The SMILES string of the molecule is COc1ccc([C@@H]2CC(=O)n3nc(-c4ccc(F)cc4)nc3S2)cc1. The molecule has 1 aliphatic heterocycles. The third-order valence-corrected chi connectivity index (χ3v) is 5.21. The van der Waals surface area contributed by atoms with Gasteiger partial charge in [-0.2, -0.15) is 4.68 Å². The van der Waals surface area contributed by atoms with E-state index in [0.717, 1.165) is 11.3 Å². The normalized spacial score (nSPS) is 16.6. The van der Waals surface area contributed by atoms with Crippen molar-refractivity contribution in [3.05, 3.63) is 59.9 Å². The van der Waals surface area contributed by atoms with Crippen molar-refractivity contribution in [1.82, 2.24) is 14.8 Å². The number of hydrogen-bond acceptors (Lipinski definition) is 5. The number of carbonyl (C=O) groups excluding carboxylic acids is 1. The summed E-state index contributed by atoms with van der Waals surface area (Å²) in [4.78, 5) is 16.9. The summed E-state index contributed by atoms with van der Waals surface area (Å²) in [5, 5.41) is 4.81. The smallest absolute Gasteiger partial charge is 0.250 e. The van der Waals surface area contributed by atoms with E-state index in [4.69, 9.17) is 4.74 Å². The van der Waals surface area contributed by atoms with E-state index in [1.165, 1.54) is 28.6 Å². The molecule has 0 aliphatic carbocycles. The molecule has 0 bridgehead atoms. The Bertz CT molecular complexity index is 922. The Kier molecular flexibility index (Phi) is 4.01. The first-order chi connectivity index (χ1) is 12.1. The van der Waals surface area contributed by atoms with Crippen LogP contribution in [-0.4, -0.2) is 27.8 Å². The van der Waals surface area contributed by atoms with Gasteiger partial charge in [-0.05, 0) is 42.0 Å². The number of methoxy groups -OCH3 is 1. The lowest BCUT2D eigenvalue weighted by atomic mass is 10.1. The van der Waals surface area contributed by atoms with Crippen LogP contribution in [0.25, 0.3) is 11.4 Å². The quantitative estimate of drug-likeness (QED) is 0.711. The maximum atomic E-state index is 13.1. The van der Waals surface area contributed by atoms with E-state index >= 15 is 0 Å². The van der Waals surface area contributed by atoms with E-state index in [1.807, 2.05) is 24.3 Å². The number of benzene rings is 2. The number of thioether (sulfide) groups is 1. The van der Waals surface area contributed by atoms with Crippen LogP contribution in [0.1, 0.15) is 22.0 Å². The molecule has 0 unspecified atom stereocenters. The van der Waals surface area contributed by atoms with Crippen molar-refractivity contribution in [2.24, 2.45) is 0 Å². The van der Waals surface area contributed by atoms with Crippen molar-refractivity contribution in [2.45, 2.75) is 16.8 Å². The summed E-state index contributed by atoms with van der Waals surface area (Å²) >= 11 is 1.50. The molecule has 1 aliphatic rings. The van der Waals surface area contributed by atoms with E-state index in [1.54, 1.807) is 19.2 Å². The number of carbonyl (C=O) groups is 1. The summed E-state index contributed by atoms with van der Waals surface area (Å²) in [6.45, 7) is 0. The van der Waals surface area contributed by atoms with Gasteiger partial charge in [0.15, 0.2) is 11.0 Å². The van der Waals surface area contributed by atoms with Gasteiger partial charge in [0.1, 0.15) is 11.6 Å². The van der Waals surface area contributed by atoms with E-state index in [9.17, 15) is 9.18 Å². The van der Waals surface area contributed by atoms with Crippen molar-refractivity contribution in [1.29, 1.82) is 0 Å². The van der Waals surface area contributed by atoms with Crippen LogP contribution in [-0.2, 0) is 0 Å². The standard InChI is InChI=1S/C18H14FN3O2S/c1-24-14-8-4-11(5-9-14)15-10-16(23)22-18(25-15)20-17(21-22)12-2-6-13(19)7-3-12/h2-9,15H,10H2,1H3/t15-/m0/s1. The van der Waals surface area contributed by atoms with Crippen LogP contribution in [0.15, 0.2) is 53.7 Å². The molecule has 1 aromatic heterocycles. The first-order valence-corrected chi connectivity index (χ1v) is 8.59. The van der Waals surface area contributed by atoms with E-state index < -0.39 is 0 Å². The predicted octanol–water partition coefficient (Wildman–Crippen LogP) is 3.97. The molecule has 3 aromatic rings. The van der Waals surface area contributed by atoms with Gasteiger partial charge in [0, 0.05) is 17.2 Å². The third-order valence-electron chi connectivity index (χ3n) is 4.01. The average molecular weight is 355 g/mol. The fraction of sp³-hybridized carbons (Fsp3) is 0.167.